The molecule has 1 atom stereocenters. The number of carboxylic acids is 1. The summed E-state index contributed by atoms with van der Waals surface area (Å²) >= 11 is 0.795. The molecule has 0 spiro atoms. The number of carbonyl (C=O) groups excluding carboxylic acids is 1. The molecule has 0 heterocycles. The van der Waals surface area contributed by atoms with Gasteiger partial charge in [-0.1, -0.05) is 12.1 Å². The number of hydrogen-bond acceptors (Lipinski definition) is 5. The van der Waals surface area contributed by atoms with Crippen molar-refractivity contribution in [2.24, 2.45) is 0 Å². The molecule has 1 aromatic rings. The minimum atomic E-state index is -1.02. The van der Waals surface area contributed by atoms with Crippen molar-refractivity contribution in [1.29, 1.82) is 0 Å². The molecule has 2 amide bonds. The van der Waals surface area contributed by atoms with Crippen molar-refractivity contribution in [3.63, 3.8) is 0 Å². The average molecular weight is 346 g/mol. The maximum atomic E-state index is 11.7. The second-order valence-electron chi connectivity index (χ2n) is 4.21. The van der Waals surface area contributed by atoms with Crippen LogP contribution in [0.4, 0.5) is 10.5 Å². The Bertz CT molecular complexity index is 533. The van der Waals surface area contributed by atoms with E-state index in [0.717, 1.165) is 5.56 Å². The number of thioether (sulfide) groups is 1. The largest absolute Gasteiger partial charge is 0.480 e. The van der Waals surface area contributed by atoms with Crippen molar-refractivity contribution in [1.82, 2.24) is 5.32 Å². The van der Waals surface area contributed by atoms with Gasteiger partial charge >= 0.3 is 23.6 Å². The molecule has 0 fully saturated rings. The molecule has 0 saturated carbocycles. The quantitative estimate of drug-likeness (QED) is 0.722. The molecule has 0 aliphatic heterocycles. The second-order valence-corrected chi connectivity index (χ2v) is 5.33. The average Bonchev–Trinajstić information content (AvgIpc) is 2.44. The topological polar surface area (TPSA) is 113 Å². The first kappa shape index (κ1) is 20.1. The molecular formula is C13H18N2O5S2. The highest BCUT2D eigenvalue weighted by atomic mass is 32.2. The van der Waals surface area contributed by atoms with E-state index in [1.54, 1.807) is 17.8 Å². The molecule has 1 rings (SSSR count). The highest BCUT2D eigenvalue weighted by Gasteiger charge is 2.19. The van der Waals surface area contributed by atoms with Crippen molar-refractivity contribution in [3.05, 3.63) is 29.8 Å². The molecule has 0 unspecified atom stereocenters. The van der Waals surface area contributed by atoms with Crippen molar-refractivity contribution in [2.45, 2.75) is 19.4 Å². The SMILES string of the molecule is CSCC[C@H](NC(=O)Nc1cccc(C)c1)C(=O)O.O=S=O. The lowest BCUT2D eigenvalue weighted by Crippen LogP contribution is -2.43. The number of aryl methyl sites for hydroxylation is 1. The van der Waals surface area contributed by atoms with Gasteiger partial charge in [0.15, 0.2) is 0 Å². The Hall–Kier alpha value is -1.87. The summed E-state index contributed by atoms with van der Waals surface area (Å²) < 4.78 is 16.6. The van der Waals surface area contributed by atoms with Gasteiger partial charge in [0.2, 0.25) is 0 Å². The van der Waals surface area contributed by atoms with Gasteiger partial charge in [-0.05, 0) is 43.0 Å². The van der Waals surface area contributed by atoms with Crippen LogP contribution in [0, 0.1) is 6.92 Å². The van der Waals surface area contributed by atoms with Crippen LogP contribution in [0.2, 0.25) is 0 Å². The van der Waals surface area contributed by atoms with Crippen molar-refractivity contribution < 1.29 is 23.1 Å². The number of carbonyl (C=O) groups is 2. The molecule has 0 aliphatic carbocycles. The molecule has 0 bridgehead atoms. The van der Waals surface area contributed by atoms with Crippen molar-refractivity contribution in [3.8, 4) is 0 Å². The summed E-state index contributed by atoms with van der Waals surface area (Å²) in [5.41, 5.74) is 1.67. The fourth-order valence-electron chi connectivity index (χ4n) is 1.54. The zero-order valence-electron chi connectivity index (χ0n) is 12.2. The minimum Gasteiger partial charge on any atom is -0.480 e. The Balaban J connectivity index is 0.00000135. The number of carboxylic acid groups (broad SMARTS) is 1. The number of benzene rings is 1. The minimum absolute atomic E-state index is 0.401. The number of urea groups is 1. The molecule has 0 saturated heterocycles. The fraction of sp³-hybridized carbons (Fsp3) is 0.385. The predicted molar refractivity (Wildman–Crippen MR) is 86.7 cm³/mol. The molecule has 0 aliphatic rings. The van der Waals surface area contributed by atoms with Gasteiger partial charge in [-0.2, -0.15) is 20.2 Å². The first-order chi connectivity index (χ1) is 10.4. The van der Waals surface area contributed by atoms with Crippen LogP contribution in [-0.4, -0.2) is 43.6 Å². The van der Waals surface area contributed by atoms with Crippen LogP contribution in [-0.2, 0) is 16.4 Å². The summed E-state index contributed by atoms with van der Waals surface area (Å²) in [6.07, 6.45) is 2.30. The smallest absolute Gasteiger partial charge is 0.335 e. The van der Waals surface area contributed by atoms with E-state index in [-0.39, 0.29) is 0 Å². The maximum absolute atomic E-state index is 11.7. The lowest BCUT2D eigenvalue weighted by atomic mass is 10.2. The van der Waals surface area contributed by atoms with E-state index in [1.165, 1.54) is 0 Å². The van der Waals surface area contributed by atoms with Gasteiger partial charge in [0.25, 0.3) is 0 Å². The normalized spacial score (nSPS) is 10.6. The third-order valence-electron chi connectivity index (χ3n) is 2.49. The van der Waals surface area contributed by atoms with E-state index in [2.05, 4.69) is 10.6 Å². The number of anilines is 1. The summed E-state index contributed by atoms with van der Waals surface area (Å²) in [5, 5.41) is 14.1. The summed E-state index contributed by atoms with van der Waals surface area (Å²) in [6, 6.07) is 5.95. The van der Waals surface area contributed by atoms with E-state index in [9.17, 15) is 9.59 Å². The highest BCUT2D eigenvalue weighted by molar-refractivity contribution is 7.98. The first-order valence-corrected chi connectivity index (χ1v) is 8.28. The number of amides is 2. The van der Waals surface area contributed by atoms with Gasteiger partial charge in [-0.3, -0.25) is 0 Å². The van der Waals surface area contributed by atoms with Gasteiger partial charge in [0.1, 0.15) is 6.04 Å². The molecule has 7 nitrogen and oxygen atoms in total. The third kappa shape index (κ3) is 9.14. The molecule has 122 valence electrons. The summed E-state index contributed by atoms with van der Waals surface area (Å²) in [5.74, 6) is -0.338. The highest BCUT2D eigenvalue weighted by Crippen LogP contribution is 2.09. The Morgan fingerprint density at radius 1 is 1.32 bits per heavy atom. The Morgan fingerprint density at radius 3 is 2.45 bits per heavy atom. The van der Waals surface area contributed by atoms with E-state index in [0.29, 0.717) is 17.9 Å². The molecule has 0 aromatic heterocycles. The van der Waals surface area contributed by atoms with E-state index >= 15 is 0 Å². The molecule has 3 N–H and O–H groups in total. The Kier molecular flexibility index (Phi) is 10.8. The molecular weight excluding hydrogens is 328 g/mol. The van der Waals surface area contributed by atoms with Crippen LogP contribution in [0.5, 0.6) is 0 Å². The van der Waals surface area contributed by atoms with Crippen LogP contribution in [0.15, 0.2) is 24.3 Å². The van der Waals surface area contributed by atoms with E-state index in [4.69, 9.17) is 13.5 Å². The fourth-order valence-corrected chi connectivity index (χ4v) is 2.01. The lowest BCUT2D eigenvalue weighted by Gasteiger charge is -2.14. The van der Waals surface area contributed by atoms with Gasteiger partial charge < -0.3 is 15.7 Å². The summed E-state index contributed by atoms with van der Waals surface area (Å²) in [6.45, 7) is 1.92. The predicted octanol–water partition coefficient (Wildman–Crippen LogP) is 1.65. The number of nitrogens with one attached hydrogen (secondary N) is 2. The zero-order chi connectivity index (χ0) is 17.0. The van der Waals surface area contributed by atoms with Gasteiger partial charge in [-0.25, -0.2) is 9.59 Å². The van der Waals surface area contributed by atoms with Crippen LogP contribution < -0.4 is 10.6 Å². The molecule has 0 radical (unpaired) electrons. The maximum Gasteiger partial charge on any atom is 0.335 e. The van der Waals surface area contributed by atoms with Crippen LogP contribution in [0.1, 0.15) is 12.0 Å². The van der Waals surface area contributed by atoms with Crippen molar-refractivity contribution >= 4 is 41.0 Å². The van der Waals surface area contributed by atoms with Crippen molar-refractivity contribution in [2.75, 3.05) is 17.3 Å². The van der Waals surface area contributed by atoms with Crippen LogP contribution >= 0.6 is 11.8 Å². The Labute approximate surface area is 136 Å². The van der Waals surface area contributed by atoms with Crippen LogP contribution in [0.25, 0.3) is 0 Å². The number of rotatable bonds is 6. The van der Waals surface area contributed by atoms with Gasteiger partial charge in [-0.15, -0.1) is 0 Å². The van der Waals surface area contributed by atoms with E-state index in [1.807, 2.05) is 31.4 Å². The number of hydrogen-bond donors (Lipinski definition) is 3. The zero-order valence-corrected chi connectivity index (χ0v) is 13.8. The lowest BCUT2D eigenvalue weighted by molar-refractivity contribution is -0.139. The van der Waals surface area contributed by atoms with Crippen LogP contribution in [0.3, 0.4) is 0 Å². The van der Waals surface area contributed by atoms with E-state index < -0.39 is 29.6 Å². The molecule has 1 aromatic carbocycles. The number of aliphatic carboxylic acids is 1. The van der Waals surface area contributed by atoms with Gasteiger partial charge in [0.05, 0.1) is 0 Å². The standard InChI is InChI=1S/C13H18N2O3S.O2S/c1-9-4-3-5-10(8-9)14-13(18)15-11(12(16)17)6-7-19-2;1-3-2/h3-5,8,11H,6-7H2,1-2H3,(H,16,17)(H2,14,15,18);/t11-;/m0./s1. The molecule has 22 heavy (non-hydrogen) atoms. The second kappa shape index (κ2) is 11.8. The monoisotopic (exact) mass is 346 g/mol. The Morgan fingerprint density at radius 2 is 1.95 bits per heavy atom. The molecule has 9 heteroatoms. The third-order valence-corrected chi connectivity index (χ3v) is 3.13. The summed E-state index contributed by atoms with van der Waals surface area (Å²) in [7, 11) is 0. The van der Waals surface area contributed by atoms with Gasteiger partial charge in [0, 0.05) is 5.69 Å². The first-order valence-electron chi connectivity index (χ1n) is 6.22. The summed E-state index contributed by atoms with van der Waals surface area (Å²) in [4.78, 5) is 22.7.